The van der Waals surface area contributed by atoms with Crippen LogP contribution in [0.25, 0.3) is 11.5 Å². The third-order valence-corrected chi connectivity index (χ3v) is 4.02. The van der Waals surface area contributed by atoms with Crippen LogP contribution in [0.2, 0.25) is 0 Å². The van der Waals surface area contributed by atoms with Gasteiger partial charge in [-0.1, -0.05) is 19.0 Å². The molecule has 0 aliphatic carbocycles. The highest BCUT2D eigenvalue weighted by Gasteiger charge is 2.27. The molecule has 0 fully saturated rings. The molecule has 108 valence electrons. The van der Waals surface area contributed by atoms with Crippen molar-refractivity contribution in [3.05, 3.63) is 27.1 Å². The largest absolute Gasteiger partial charge is 0.393 e. The monoisotopic (exact) mass is 403 g/mol. The van der Waals surface area contributed by atoms with Crippen LogP contribution < -0.4 is 0 Å². The van der Waals surface area contributed by atoms with Gasteiger partial charge in [-0.15, -0.1) is 0 Å². The lowest BCUT2D eigenvalue weighted by atomic mass is 9.91. The molecular formula is C13H15Br2N3O2. The third-order valence-electron chi connectivity index (χ3n) is 2.98. The maximum Gasteiger partial charge on any atom is 0.232 e. The highest BCUT2D eigenvalue weighted by molar-refractivity contribution is 9.11. The first-order chi connectivity index (χ1) is 9.40. The zero-order chi connectivity index (χ0) is 14.9. The van der Waals surface area contributed by atoms with E-state index in [-0.39, 0.29) is 11.8 Å². The van der Waals surface area contributed by atoms with E-state index in [4.69, 9.17) is 4.52 Å². The van der Waals surface area contributed by atoms with E-state index in [1.54, 1.807) is 13.1 Å². The van der Waals surface area contributed by atoms with Gasteiger partial charge >= 0.3 is 0 Å². The van der Waals surface area contributed by atoms with Gasteiger partial charge in [0.1, 0.15) is 5.69 Å². The lowest BCUT2D eigenvalue weighted by Gasteiger charge is -2.19. The Balaban J connectivity index is 2.37. The predicted octanol–water partition coefficient (Wildman–Crippen LogP) is 3.78. The summed E-state index contributed by atoms with van der Waals surface area (Å²) in [5.41, 5.74) is 0.608. The lowest BCUT2D eigenvalue weighted by molar-refractivity contribution is 0.120. The maximum atomic E-state index is 9.85. The first-order valence-electron chi connectivity index (χ1n) is 6.23. The molecule has 2 heterocycles. The standard InChI is InChI=1S/C13H15Br2N3O2/c1-6(2)10(7(3)19)13-17-12(18-20-13)11-9(15)4-8(14)5-16-11/h4-7,10,19H,1-3H3. The second-order valence-electron chi connectivity index (χ2n) is 4.95. The van der Waals surface area contributed by atoms with Gasteiger partial charge in [0.05, 0.1) is 12.0 Å². The molecule has 5 nitrogen and oxygen atoms in total. The average molecular weight is 405 g/mol. The van der Waals surface area contributed by atoms with Crippen molar-refractivity contribution in [1.29, 1.82) is 0 Å². The van der Waals surface area contributed by atoms with E-state index in [1.165, 1.54) is 0 Å². The summed E-state index contributed by atoms with van der Waals surface area (Å²) in [6.45, 7) is 5.74. The number of pyridine rings is 1. The summed E-state index contributed by atoms with van der Waals surface area (Å²) >= 11 is 6.77. The minimum atomic E-state index is -0.551. The molecular weight excluding hydrogens is 390 g/mol. The van der Waals surface area contributed by atoms with Crippen molar-refractivity contribution < 1.29 is 9.63 Å². The van der Waals surface area contributed by atoms with E-state index in [9.17, 15) is 5.11 Å². The fourth-order valence-electron chi connectivity index (χ4n) is 2.09. The van der Waals surface area contributed by atoms with Gasteiger partial charge in [0, 0.05) is 15.1 Å². The fraction of sp³-hybridized carbons (Fsp3) is 0.462. The smallest absolute Gasteiger partial charge is 0.232 e. The Morgan fingerprint density at radius 2 is 1.95 bits per heavy atom. The molecule has 0 radical (unpaired) electrons. The molecule has 2 atom stereocenters. The molecule has 1 N–H and O–H groups in total. The van der Waals surface area contributed by atoms with Crippen LogP contribution in [0.5, 0.6) is 0 Å². The number of nitrogens with zero attached hydrogens (tertiary/aromatic N) is 3. The van der Waals surface area contributed by atoms with Gasteiger partial charge in [-0.05, 0) is 50.8 Å². The van der Waals surface area contributed by atoms with Crippen LogP contribution in [0.4, 0.5) is 0 Å². The normalized spacial score (nSPS) is 14.6. The first kappa shape index (κ1) is 15.6. The van der Waals surface area contributed by atoms with Crippen molar-refractivity contribution in [2.75, 3.05) is 0 Å². The summed E-state index contributed by atoms with van der Waals surface area (Å²) in [6, 6.07) is 1.87. The van der Waals surface area contributed by atoms with Crippen LogP contribution in [-0.4, -0.2) is 26.3 Å². The zero-order valence-electron chi connectivity index (χ0n) is 11.3. The highest BCUT2D eigenvalue weighted by Crippen LogP contribution is 2.30. The van der Waals surface area contributed by atoms with Crippen LogP contribution in [-0.2, 0) is 0 Å². The summed E-state index contributed by atoms with van der Waals surface area (Å²) in [6.07, 6.45) is 1.12. The Morgan fingerprint density at radius 3 is 2.50 bits per heavy atom. The van der Waals surface area contributed by atoms with Gasteiger partial charge in [0.15, 0.2) is 0 Å². The number of halogens is 2. The van der Waals surface area contributed by atoms with Gasteiger partial charge in [0.2, 0.25) is 11.7 Å². The van der Waals surface area contributed by atoms with E-state index in [0.717, 1.165) is 8.95 Å². The fourth-order valence-corrected chi connectivity index (χ4v) is 3.26. The maximum absolute atomic E-state index is 9.85. The number of rotatable bonds is 4. The Labute approximate surface area is 134 Å². The molecule has 0 amide bonds. The lowest BCUT2D eigenvalue weighted by Crippen LogP contribution is -2.20. The number of hydrogen-bond acceptors (Lipinski definition) is 5. The number of hydrogen-bond donors (Lipinski definition) is 1. The zero-order valence-corrected chi connectivity index (χ0v) is 14.5. The third kappa shape index (κ3) is 3.27. The van der Waals surface area contributed by atoms with Crippen molar-refractivity contribution >= 4 is 31.9 Å². The van der Waals surface area contributed by atoms with E-state index < -0.39 is 6.10 Å². The topological polar surface area (TPSA) is 72.0 Å². The predicted molar refractivity (Wildman–Crippen MR) is 82.2 cm³/mol. The van der Waals surface area contributed by atoms with Crippen LogP contribution in [0, 0.1) is 5.92 Å². The number of aliphatic hydroxyl groups is 1. The van der Waals surface area contributed by atoms with E-state index in [0.29, 0.717) is 17.4 Å². The minimum absolute atomic E-state index is 0.189. The Bertz CT molecular complexity index is 591. The van der Waals surface area contributed by atoms with E-state index in [2.05, 4.69) is 47.0 Å². The van der Waals surface area contributed by atoms with Crippen molar-refractivity contribution in [3.8, 4) is 11.5 Å². The number of aromatic nitrogens is 3. The Morgan fingerprint density at radius 1 is 1.25 bits per heavy atom. The van der Waals surface area contributed by atoms with E-state index >= 15 is 0 Å². The van der Waals surface area contributed by atoms with Crippen LogP contribution in [0.15, 0.2) is 25.7 Å². The van der Waals surface area contributed by atoms with Crippen LogP contribution in [0.1, 0.15) is 32.6 Å². The molecule has 0 spiro atoms. The minimum Gasteiger partial charge on any atom is -0.393 e. The van der Waals surface area contributed by atoms with Gasteiger partial charge in [0.25, 0.3) is 0 Å². The molecule has 0 aliphatic rings. The Kier molecular flexibility index (Phi) is 4.93. The van der Waals surface area contributed by atoms with Gasteiger partial charge in [-0.2, -0.15) is 4.98 Å². The second-order valence-corrected chi connectivity index (χ2v) is 6.72. The molecule has 0 saturated carbocycles. The SMILES string of the molecule is CC(C)C(c1nc(-c2ncc(Br)cc2Br)no1)C(C)O. The van der Waals surface area contributed by atoms with Crippen molar-refractivity contribution in [2.24, 2.45) is 5.92 Å². The van der Waals surface area contributed by atoms with Gasteiger partial charge in [-0.25, -0.2) is 0 Å². The van der Waals surface area contributed by atoms with E-state index in [1.807, 2.05) is 19.9 Å². The molecule has 0 saturated heterocycles. The van der Waals surface area contributed by atoms with Gasteiger partial charge < -0.3 is 9.63 Å². The molecule has 0 aromatic carbocycles. The highest BCUT2D eigenvalue weighted by atomic mass is 79.9. The Hall–Kier alpha value is -0.790. The molecule has 2 aromatic rings. The summed E-state index contributed by atoms with van der Waals surface area (Å²) in [5.74, 6) is 0.849. The van der Waals surface area contributed by atoms with Crippen molar-refractivity contribution in [3.63, 3.8) is 0 Å². The molecule has 20 heavy (non-hydrogen) atoms. The first-order valence-corrected chi connectivity index (χ1v) is 7.81. The molecule has 7 heteroatoms. The summed E-state index contributed by atoms with van der Waals surface area (Å²) in [5, 5.41) is 13.8. The number of aliphatic hydroxyl groups excluding tert-OH is 1. The summed E-state index contributed by atoms with van der Waals surface area (Å²) in [7, 11) is 0. The average Bonchev–Trinajstić information content (AvgIpc) is 2.76. The van der Waals surface area contributed by atoms with Gasteiger partial charge in [-0.3, -0.25) is 4.98 Å². The molecule has 0 aliphatic heterocycles. The molecule has 2 rings (SSSR count). The quantitative estimate of drug-likeness (QED) is 0.839. The molecule has 2 unspecified atom stereocenters. The molecule has 2 aromatic heterocycles. The summed E-state index contributed by atoms with van der Waals surface area (Å²) in [4.78, 5) is 8.64. The van der Waals surface area contributed by atoms with Crippen molar-refractivity contribution in [1.82, 2.24) is 15.1 Å². The second kappa shape index (κ2) is 6.32. The molecule has 0 bridgehead atoms. The van der Waals surface area contributed by atoms with Crippen molar-refractivity contribution in [2.45, 2.75) is 32.8 Å². The van der Waals surface area contributed by atoms with Crippen LogP contribution in [0.3, 0.4) is 0 Å². The summed E-state index contributed by atoms with van der Waals surface area (Å²) < 4.78 is 6.93. The van der Waals surface area contributed by atoms with Crippen LogP contribution >= 0.6 is 31.9 Å².